The van der Waals surface area contributed by atoms with E-state index < -0.39 is 0 Å². The van der Waals surface area contributed by atoms with Gasteiger partial charge >= 0.3 is 5.97 Å². The number of hydrogen-bond acceptors (Lipinski definition) is 6. The van der Waals surface area contributed by atoms with Crippen molar-refractivity contribution in [1.82, 2.24) is 14.9 Å². The first-order valence-corrected chi connectivity index (χ1v) is 7.44. The first-order chi connectivity index (χ1) is 9.99. The Kier molecular flexibility index (Phi) is 7.08. The molecule has 0 saturated heterocycles. The van der Waals surface area contributed by atoms with Crippen molar-refractivity contribution in [2.45, 2.75) is 40.2 Å². The lowest BCUT2D eigenvalue weighted by molar-refractivity contribution is 0.0524. The molecule has 1 atom stereocenters. The lowest BCUT2D eigenvalue weighted by Gasteiger charge is -2.23. The van der Waals surface area contributed by atoms with Crippen molar-refractivity contribution in [1.29, 1.82) is 0 Å². The molecular weight excluding hydrogens is 268 g/mol. The Morgan fingerprint density at radius 2 is 2.19 bits per heavy atom. The maximum Gasteiger partial charge on any atom is 0.341 e. The molecule has 0 saturated carbocycles. The van der Waals surface area contributed by atoms with Gasteiger partial charge in [0, 0.05) is 25.3 Å². The first-order valence-electron chi connectivity index (χ1n) is 7.44. The van der Waals surface area contributed by atoms with Gasteiger partial charge in [0.05, 0.1) is 17.9 Å². The molecule has 0 radical (unpaired) electrons. The molecule has 0 aliphatic heterocycles. The standard InChI is InChI=1S/C15H26N4O2/c1-6-11(3)19(5)9-8-16-15-17-10-13(12(4)18-15)14(20)21-7-2/h10-11H,6-9H2,1-5H3,(H,16,17,18). The fraction of sp³-hybridized carbons (Fsp3) is 0.667. The predicted molar refractivity (Wildman–Crippen MR) is 83.6 cm³/mol. The summed E-state index contributed by atoms with van der Waals surface area (Å²) in [5, 5.41) is 3.18. The average molecular weight is 294 g/mol. The van der Waals surface area contributed by atoms with Crippen LogP contribution >= 0.6 is 0 Å². The maximum atomic E-state index is 11.7. The molecule has 1 heterocycles. The van der Waals surface area contributed by atoms with Crippen LogP contribution in [0.4, 0.5) is 5.95 Å². The topological polar surface area (TPSA) is 67.3 Å². The molecule has 1 rings (SSSR count). The van der Waals surface area contributed by atoms with Gasteiger partial charge in [-0.3, -0.25) is 0 Å². The van der Waals surface area contributed by atoms with Crippen LogP contribution in [-0.4, -0.2) is 53.6 Å². The minimum absolute atomic E-state index is 0.347. The summed E-state index contributed by atoms with van der Waals surface area (Å²) < 4.78 is 4.95. The Balaban J connectivity index is 2.54. The van der Waals surface area contributed by atoms with Crippen LogP contribution in [0, 0.1) is 6.92 Å². The smallest absolute Gasteiger partial charge is 0.341 e. The molecule has 0 aliphatic rings. The molecule has 1 unspecified atom stereocenters. The predicted octanol–water partition coefficient (Wildman–Crippen LogP) is 2.10. The summed E-state index contributed by atoms with van der Waals surface area (Å²) in [6.07, 6.45) is 2.64. The van der Waals surface area contributed by atoms with E-state index in [-0.39, 0.29) is 5.97 Å². The Labute approximate surface area is 126 Å². The van der Waals surface area contributed by atoms with E-state index in [1.54, 1.807) is 13.8 Å². The molecule has 0 aromatic carbocycles. The molecule has 1 aromatic rings. The van der Waals surface area contributed by atoms with E-state index in [2.05, 4.69) is 41.1 Å². The normalized spacial score (nSPS) is 12.3. The van der Waals surface area contributed by atoms with Gasteiger partial charge in [0.2, 0.25) is 5.95 Å². The minimum Gasteiger partial charge on any atom is -0.462 e. The number of nitrogens with zero attached hydrogens (tertiary/aromatic N) is 3. The van der Waals surface area contributed by atoms with Crippen molar-refractivity contribution in [2.75, 3.05) is 32.1 Å². The molecule has 0 bridgehead atoms. The van der Waals surface area contributed by atoms with E-state index in [0.29, 0.717) is 29.9 Å². The van der Waals surface area contributed by atoms with Gasteiger partial charge in [-0.2, -0.15) is 0 Å². The highest BCUT2D eigenvalue weighted by Gasteiger charge is 2.12. The van der Waals surface area contributed by atoms with Crippen molar-refractivity contribution in [3.8, 4) is 0 Å². The van der Waals surface area contributed by atoms with Gasteiger partial charge in [0.1, 0.15) is 0 Å². The molecule has 0 fully saturated rings. The Hall–Kier alpha value is -1.69. The van der Waals surface area contributed by atoms with Crippen LogP contribution in [-0.2, 0) is 4.74 Å². The quantitative estimate of drug-likeness (QED) is 0.741. The average Bonchev–Trinajstić information content (AvgIpc) is 2.46. The molecule has 0 aliphatic carbocycles. The van der Waals surface area contributed by atoms with Crippen LogP contribution in [0.2, 0.25) is 0 Å². The number of aryl methyl sites for hydroxylation is 1. The van der Waals surface area contributed by atoms with E-state index in [9.17, 15) is 4.79 Å². The molecule has 0 amide bonds. The maximum absolute atomic E-state index is 11.7. The van der Waals surface area contributed by atoms with E-state index in [1.165, 1.54) is 6.20 Å². The summed E-state index contributed by atoms with van der Waals surface area (Å²) in [7, 11) is 2.10. The number of nitrogens with one attached hydrogen (secondary N) is 1. The molecule has 6 heteroatoms. The summed E-state index contributed by atoms with van der Waals surface area (Å²) >= 11 is 0. The zero-order valence-electron chi connectivity index (χ0n) is 13.6. The van der Waals surface area contributed by atoms with Crippen LogP contribution in [0.5, 0.6) is 0 Å². The minimum atomic E-state index is -0.377. The lowest BCUT2D eigenvalue weighted by atomic mass is 10.2. The fourth-order valence-corrected chi connectivity index (χ4v) is 1.84. The fourth-order valence-electron chi connectivity index (χ4n) is 1.84. The van der Waals surface area contributed by atoms with Crippen LogP contribution in [0.1, 0.15) is 43.2 Å². The number of rotatable bonds is 8. The van der Waals surface area contributed by atoms with Crippen molar-refractivity contribution < 1.29 is 9.53 Å². The Bertz CT molecular complexity index is 465. The number of hydrogen-bond donors (Lipinski definition) is 1. The molecule has 1 aromatic heterocycles. The molecule has 21 heavy (non-hydrogen) atoms. The third-order valence-electron chi connectivity index (χ3n) is 3.57. The second-order valence-electron chi connectivity index (χ2n) is 5.08. The van der Waals surface area contributed by atoms with Crippen LogP contribution in [0.15, 0.2) is 6.20 Å². The number of carbonyl (C=O) groups is 1. The van der Waals surface area contributed by atoms with E-state index in [0.717, 1.165) is 19.5 Å². The summed E-state index contributed by atoms with van der Waals surface area (Å²) in [6.45, 7) is 9.96. The molecule has 118 valence electrons. The van der Waals surface area contributed by atoms with E-state index in [4.69, 9.17) is 4.74 Å². The van der Waals surface area contributed by atoms with Gasteiger partial charge in [-0.25, -0.2) is 14.8 Å². The van der Waals surface area contributed by atoms with E-state index >= 15 is 0 Å². The zero-order chi connectivity index (χ0) is 15.8. The molecule has 1 N–H and O–H groups in total. The number of esters is 1. The largest absolute Gasteiger partial charge is 0.462 e. The number of carbonyl (C=O) groups excluding carboxylic acids is 1. The number of aromatic nitrogens is 2. The highest BCUT2D eigenvalue weighted by Crippen LogP contribution is 2.08. The second-order valence-corrected chi connectivity index (χ2v) is 5.08. The van der Waals surface area contributed by atoms with Gasteiger partial charge in [-0.15, -0.1) is 0 Å². The Morgan fingerprint density at radius 3 is 2.76 bits per heavy atom. The van der Waals surface area contributed by atoms with Gasteiger partial charge in [-0.05, 0) is 34.2 Å². The van der Waals surface area contributed by atoms with Gasteiger partial charge in [0.15, 0.2) is 0 Å². The monoisotopic (exact) mass is 294 g/mol. The molecular formula is C15H26N4O2. The number of anilines is 1. The van der Waals surface area contributed by atoms with Gasteiger partial charge < -0.3 is 15.0 Å². The highest BCUT2D eigenvalue weighted by molar-refractivity contribution is 5.90. The van der Waals surface area contributed by atoms with Crippen LogP contribution < -0.4 is 5.32 Å². The van der Waals surface area contributed by atoms with Crippen molar-refractivity contribution in [3.05, 3.63) is 17.5 Å². The Morgan fingerprint density at radius 1 is 1.48 bits per heavy atom. The lowest BCUT2D eigenvalue weighted by Crippen LogP contribution is -2.33. The molecule has 0 spiro atoms. The number of ether oxygens (including phenoxy) is 1. The molecule has 6 nitrogen and oxygen atoms in total. The summed E-state index contributed by atoms with van der Waals surface area (Å²) in [4.78, 5) is 22.4. The SMILES string of the molecule is CCOC(=O)c1cnc(NCCN(C)C(C)CC)nc1C. The van der Waals surface area contributed by atoms with Gasteiger partial charge in [-0.1, -0.05) is 6.92 Å². The summed E-state index contributed by atoms with van der Waals surface area (Å²) in [5.41, 5.74) is 1.04. The summed E-state index contributed by atoms with van der Waals surface area (Å²) in [6, 6.07) is 0.556. The van der Waals surface area contributed by atoms with Crippen molar-refractivity contribution in [2.24, 2.45) is 0 Å². The first kappa shape index (κ1) is 17.4. The van der Waals surface area contributed by atoms with Crippen molar-refractivity contribution >= 4 is 11.9 Å². The van der Waals surface area contributed by atoms with Crippen molar-refractivity contribution in [3.63, 3.8) is 0 Å². The second kappa shape index (κ2) is 8.56. The highest BCUT2D eigenvalue weighted by atomic mass is 16.5. The van der Waals surface area contributed by atoms with Gasteiger partial charge in [0.25, 0.3) is 0 Å². The van der Waals surface area contributed by atoms with Crippen LogP contribution in [0.3, 0.4) is 0 Å². The van der Waals surface area contributed by atoms with E-state index in [1.807, 2.05) is 0 Å². The number of likely N-dealkylation sites (N-methyl/N-ethyl adjacent to an activating group) is 1. The third kappa shape index (κ3) is 5.30. The van der Waals surface area contributed by atoms with Crippen LogP contribution in [0.25, 0.3) is 0 Å². The third-order valence-corrected chi connectivity index (χ3v) is 3.57. The summed E-state index contributed by atoms with van der Waals surface area (Å²) in [5.74, 6) is 0.163. The zero-order valence-corrected chi connectivity index (χ0v) is 13.6.